The summed E-state index contributed by atoms with van der Waals surface area (Å²) in [6.07, 6.45) is 5.96. The van der Waals surface area contributed by atoms with Crippen LogP contribution in [-0.4, -0.2) is 29.3 Å². The van der Waals surface area contributed by atoms with Crippen molar-refractivity contribution in [3.63, 3.8) is 0 Å². The molecule has 0 radical (unpaired) electrons. The second-order valence-electron chi connectivity index (χ2n) is 4.48. The maximum atomic E-state index is 11.6. The molecule has 0 aromatic carbocycles. The van der Waals surface area contributed by atoms with E-state index >= 15 is 0 Å². The van der Waals surface area contributed by atoms with Gasteiger partial charge in [-0.15, -0.1) is 0 Å². The van der Waals surface area contributed by atoms with Gasteiger partial charge in [-0.2, -0.15) is 0 Å². The molecule has 3 aliphatic heterocycles. The first-order valence-corrected chi connectivity index (χ1v) is 5.15. The number of hydrogen-bond donors (Lipinski definition) is 0. The summed E-state index contributed by atoms with van der Waals surface area (Å²) >= 11 is 0. The summed E-state index contributed by atoms with van der Waals surface area (Å²) in [4.78, 5) is 14.1. The molecule has 3 rings (SSSR count). The molecule has 3 saturated heterocycles. The third-order valence-corrected chi connectivity index (χ3v) is 3.89. The van der Waals surface area contributed by atoms with E-state index in [-0.39, 0.29) is 0 Å². The normalized spacial score (nSPS) is 51.2. The first-order valence-electron chi connectivity index (χ1n) is 5.15. The van der Waals surface area contributed by atoms with E-state index in [0.717, 1.165) is 24.8 Å². The first-order chi connectivity index (χ1) is 5.86. The quantitative estimate of drug-likeness (QED) is 0.537. The van der Waals surface area contributed by atoms with Gasteiger partial charge in [0, 0.05) is 12.5 Å². The summed E-state index contributed by atoms with van der Waals surface area (Å²) in [6, 6.07) is 1.14. The molecule has 0 saturated carbocycles. The molecule has 0 amide bonds. The molecular weight excluding hydrogens is 150 g/mol. The minimum atomic E-state index is 0.359. The molecule has 1 unspecified atom stereocenters. The average Bonchev–Trinajstić information content (AvgIpc) is 2.24. The Kier molecular flexibility index (Phi) is 1.37. The van der Waals surface area contributed by atoms with Crippen LogP contribution in [0.25, 0.3) is 0 Å². The Morgan fingerprint density at radius 2 is 2.25 bits per heavy atom. The lowest BCUT2D eigenvalue weighted by Crippen LogP contribution is -2.49. The van der Waals surface area contributed by atoms with Crippen LogP contribution in [-0.2, 0) is 4.79 Å². The standard InChI is InChI=1S/C10H15NO/c12-9-4-3-8-6-7-2-1-5-11(8)10(7)9/h7-8,10H,1-6H2/t7-,8+,10+/m0/s1. The summed E-state index contributed by atoms with van der Waals surface area (Å²) in [5, 5.41) is 0. The lowest BCUT2D eigenvalue weighted by atomic mass is 9.89. The van der Waals surface area contributed by atoms with Gasteiger partial charge < -0.3 is 0 Å². The van der Waals surface area contributed by atoms with Gasteiger partial charge in [-0.25, -0.2) is 0 Å². The van der Waals surface area contributed by atoms with E-state index in [4.69, 9.17) is 0 Å². The van der Waals surface area contributed by atoms with Gasteiger partial charge in [-0.3, -0.25) is 9.69 Å². The lowest BCUT2D eigenvalue weighted by Gasteiger charge is -2.37. The number of carbonyl (C=O) groups excluding carboxylic acids is 1. The fraction of sp³-hybridized carbons (Fsp3) is 0.900. The predicted octanol–water partition coefficient (Wildman–Crippen LogP) is 1.20. The van der Waals surface area contributed by atoms with Crippen LogP contribution in [0.3, 0.4) is 0 Å². The Morgan fingerprint density at radius 1 is 1.33 bits per heavy atom. The van der Waals surface area contributed by atoms with E-state index < -0.39 is 0 Å². The molecule has 0 aromatic heterocycles. The monoisotopic (exact) mass is 165 g/mol. The third-order valence-electron chi connectivity index (χ3n) is 3.89. The first kappa shape index (κ1) is 7.07. The highest BCUT2D eigenvalue weighted by molar-refractivity contribution is 5.86. The maximum Gasteiger partial charge on any atom is 0.150 e. The summed E-state index contributed by atoms with van der Waals surface area (Å²) < 4.78 is 0. The molecule has 3 aliphatic rings. The van der Waals surface area contributed by atoms with Crippen LogP contribution < -0.4 is 0 Å². The summed E-state index contributed by atoms with van der Waals surface area (Å²) in [5.74, 6) is 1.27. The van der Waals surface area contributed by atoms with E-state index in [1.807, 2.05) is 0 Å². The van der Waals surface area contributed by atoms with Gasteiger partial charge in [-0.1, -0.05) is 0 Å². The Balaban J connectivity index is 1.97. The van der Waals surface area contributed by atoms with Crippen molar-refractivity contribution in [3.8, 4) is 0 Å². The van der Waals surface area contributed by atoms with Crippen molar-refractivity contribution in [2.75, 3.05) is 6.54 Å². The van der Waals surface area contributed by atoms with Crippen LogP contribution >= 0.6 is 0 Å². The highest BCUT2D eigenvalue weighted by atomic mass is 16.1. The SMILES string of the molecule is O=C1CC[C@@H]2C[C@@H]3CCCN2[C@@H]13. The van der Waals surface area contributed by atoms with Crippen LogP contribution in [0.15, 0.2) is 0 Å². The number of nitrogens with zero attached hydrogens (tertiary/aromatic N) is 1. The Labute approximate surface area is 72.9 Å². The number of rotatable bonds is 0. The molecule has 2 nitrogen and oxygen atoms in total. The second-order valence-corrected chi connectivity index (χ2v) is 4.48. The van der Waals surface area contributed by atoms with Gasteiger partial charge in [0.25, 0.3) is 0 Å². The Hall–Kier alpha value is -0.370. The summed E-state index contributed by atoms with van der Waals surface area (Å²) in [5.41, 5.74) is 0. The topological polar surface area (TPSA) is 20.3 Å². The van der Waals surface area contributed by atoms with E-state index in [1.54, 1.807) is 0 Å². The molecule has 4 atom stereocenters. The summed E-state index contributed by atoms with van der Waals surface area (Å²) in [7, 11) is 0. The average molecular weight is 165 g/mol. The number of ketones is 1. The van der Waals surface area contributed by atoms with Crippen molar-refractivity contribution in [2.45, 2.75) is 44.2 Å². The van der Waals surface area contributed by atoms with E-state index in [0.29, 0.717) is 11.8 Å². The largest absolute Gasteiger partial charge is 0.298 e. The van der Waals surface area contributed by atoms with E-state index in [1.165, 1.54) is 25.8 Å². The molecule has 3 heterocycles. The van der Waals surface area contributed by atoms with Crippen LogP contribution in [0.4, 0.5) is 0 Å². The zero-order valence-corrected chi connectivity index (χ0v) is 7.33. The number of carbonyl (C=O) groups is 1. The van der Waals surface area contributed by atoms with Crippen molar-refractivity contribution in [1.29, 1.82) is 0 Å². The molecule has 12 heavy (non-hydrogen) atoms. The van der Waals surface area contributed by atoms with Crippen molar-refractivity contribution >= 4 is 5.78 Å². The maximum absolute atomic E-state index is 11.6. The minimum absolute atomic E-state index is 0.359. The Morgan fingerprint density at radius 3 is 3.08 bits per heavy atom. The van der Waals surface area contributed by atoms with Crippen LogP contribution in [0.2, 0.25) is 0 Å². The van der Waals surface area contributed by atoms with Crippen molar-refractivity contribution < 1.29 is 4.79 Å². The zero-order valence-electron chi connectivity index (χ0n) is 7.33. The van der Waals surface area contributed by atoms with Gasteiger partial charge in [0.15, 0.2) is 0 Å². The number of Topliss-reactive ketones (excluding diaryl/α,β-unsaturated/α-hetero) is 1. The zero-order chi connectivity index (χ0) is 8.13. The fourth-order valence-corrected chi connectivity index (χ4v) is 3.43. The molecule has 0 aromatic rings. The molecule has 0 spiro atoms. The van der Waals surface area contributed by atoms with Gasteiger partial charge in [0.2, 0.25) is 0 Å². The highest BCUT2D eigenvalue weighted by Crippen LogP contribution is 2.43. The second kappa shape index (κ2) is 2.32. The van der Waals surface area contributed by atoms with Crippen LogP contribution in [0.5, 0.6) is 0 Å². The molecular formula is C10H15NO. The fourth-order valence-electron chi connectivity index (χ4n) is 3.43. The Bertz CT molecular complexity index is 226. The molecule has 2 heteroatoms. The molecule has 4 bridgehead atoms. The predicted molar refractivity (Wildman–Crippen MR) is 45.9 cm³/mol. The van der Waals surface area contributed by atoms with Gasteiger partial charge in [0.1, 0.15) is 5.78 Å². The molecule has 66 valence electrons. The summed E-state index contributed by atoms with van der Waals surface area (Å²) in [6.45, 7) is 1.19. The van der Waals surface area contributed by atoms with E-state index in [9.17, 15) is 4.79 Å². The van der Waals surface area contributed by atoms with Gasteiger partial charge >= 0.3 is 0 Å². The van der Waals surface area contributed by atoms with Crippen LogP contribution in [0.1, 0.15) is 32.1 Å². The number of hydrogen-bond acceptors (Lipinski definition) is 2. The highest BCUT2D eigenvalue weighted by Gasteiger charge is 2.49. The lowest BCUT2D eigenvalue weighted by molar-refractivity contribution is -0.128. The molecule has 3 fully saturated rings. The van der Waals surface area contributed by atoms with Gasteiger partial charge in [-0.05, 0) is 38.1 Å². The molecule has 0 aliphatic carbocycles. The van der Waals surface area contributed by atoms with Gasteiger partial charge in [0.05, 0.1) is 6.04 Å². The van der Waals surface area contributed by atoms with Crippen molar-refractivity contribution in [3.05, 3.63) is 0 Å². The van der Waals surface area contributed by atoms with Crippen molar-refractivity contribution in [2.24, 2.45) is 5.92 Å². The minimum Gasteiger partial charge on any atom is -0.298 e. The molecule has 0 N–H and O–H groups in total. The number of piperidine rings is 2. The van der Waals surface area contributed by atoms with Crippen LogP contribution in [0, 0.1) is 5.92 Å². The third kappa shape index (κ3) is 0.764. The van der Waals surface area contributed by atoms with Crippen molar-refractivity contribution in [1.82, 2.24) is 4.90 Å². The smallest absolute Gasteiger partial charge is 0.150 e. The van der Waals surface area contributed by atoms with E-state index in [2.05, 4.69) is 4.90 Å².